The number of alkyl halides is 3. The molecule has 2 N–H and O–H groups in total. The van der Waals surface area contributed by atoms with Crippen LogP contribution in [0.2, 0.25) is 0 Å². The fourth-order valence-electron chi connectivity index (χ4n) is 4.73. The zero-order valence-corrected chi connectivity index (χ0v) is 23.3. The Morgan fingerprint density at radius 3 is 2.40 bits per heavy atom. The number of halogens is 3. The Balaban J connectivity index is 1.01. The van der Waals surface area contributed by atoms with Crippen LogP contribution in [-0.4, -0.2) is 53.5 Å². The lowest BCUT2D eigenvalue weighted by molar-refractivity contribution is -0.137. The quantitative estimate of drug-likeness (QED) is 0.224. The van der Waals surface area contributed by atoms with Crippen molar-refractivity contribution < 1.29 is 22.7 Å². The lowest BCUT2D eigenvalue weighted by Crippen LogP contribution is -2.37. The molecule has 0 spiro atoms. The number of anilines is 3. The van der Waals surface area contributed by atoms with E-state index in [1.165, 1.54) is 29.3 Å². The second-order valence-corrected chi connectivity index (χ2v) is 10.1. The van der Waals surface area contributed by atoms with Crippen molar-refractivity contribution in [3.05, 3.63) is 97.3 Å². The van der Waals surface area contributed by atoms with Gasteiger partial charge in [0, 0.05) is 37.2 Å². The number of benzene rings is 2. The van der Waals surface area contributed by atoms with Crippen LogP contribution in [0.4, 0.5) is 35.2 Å². The summed E-state index contributed by atoms with van der Waals surface area (Å²) < 4.78 is 48.8. The average molecular weight is 613 g/mol. The molecule has 1 saturated heterocycles. The molecule has 226 valence electrons. The average Bonchev–Trinajstić information content (AvgIpc) is 3.68. The monoisotopic (exact) mass is 612 g/mol. The van der Waals surface area contributed by atoms with E-state index in [1.807, 2.05) is 24.4 Å². The zero-order valence-electron chi connectivity index (χ0n) is 23.3. The van der Waals surface area contributed by atoms with Crippen molar-refractivity contribution >= 4 is 28.9 Å². The first-order valence-corrected chi connectivity index (χ1v) is 13.8. The highest BCUT2D eigenvalue weighted by molar-refractivity contribution is 6.00. The van der Waals surface area contributed by atoms with Crippen LogP contribution in [0, 0.1) is 0 Å². The van der Waals surface area contributed by atoms with Crippen molar-refractivity contribution in [3.63, 3.8) is 0 Å². The van der Waals surface area contributed by atoms with Crippen molar-refractivity contribution in [1.82, 2.24) is 34.3 Å². The van der Waals surface area contributed by atoms with Gasteiger partial charge in [-0.2, -0.15) is 23.4 Å². The number of hydrogen-bond donors (Lipinski definition) is 2. The molecule has 0 bridgehead atoms. The van der Waals surface area contributed by atoms with Crippen LogP contribution in [0.15, 0.2) is 91.8 Å². The lowest BCUT2D eigenvalue weighted by Gasteiger charge is -2.31. The van der Waals surface area contributed by atoms with E-state index in [1.54, 1.807) is 35.1 Å². The summed E-state index contributed by atoms with van der Waals surface area (Å²) in [7, 11) is 0. The van der Waals surface area contributed by atoms with Gasteiger partial charge in [0.25, 0.3) is 0 Å². The number of nitrogens with zero attached hydrogens (tertiary/aromatic N) is 8. The van der Waals surface area contributed by atoms with Crippen molar-refractivity contribution in [1.29, 1.82) is 0 Å². The number of rotatable bonds is 7. The molecule has 1 fully saturated rings. The minimum absolute atomic E-state index is 0.0318. The highest BCUT2D eigenvalue weighted by atomic mass is 19.4. The van der Waals surface area contributed by atoms with E-state index in [2.05, 4.69) is 35.7 Å². The second-order valence-electron chi connectivity index (χ2n) is 10.1. The highest BCUT2D eigenvalue weighted by Gasteiger charge is 2.31. The van der Waals surface area contributed by atoms with E-state index in [0.29, 0.717) is 5.75 Å². The molecule has 12 nitrogen and oxygen atoms in total. The first kappa shape index (κ1) is 27.8. The van der Waals surface area contributed by atoms with Gasteiger partial charge in [-0.05, 0) is 54.4 Å². The van der Waals surface area contributed by atoms with E-state index in [9.17, 15) is 18.0 Å². The van der Waals surface area contributed by atoms with Gasteiger partial charge in [0.2, 0.25) is 0 Å². The number of carbonyl (C=O) groups is 1. The normalized spacial score (nSPS) is 13.0. The molecule has 1 aliphatic heterocycles. The highest BCUT2D eigenvalue weighted by Crippen LogP contribution is 2.33. The molecule has 6 aromatic rings. The molecule has 7 rings (SSSR count). The fraction of sp³-hybridized carbons (Fsp3) is 0.133. The maximum atomic E-state index is 13.3. The standard InChI is InChI=1S/C30H23F3N10O2/c31-30(32,33)20-5-8-25(42-13-1-10-36-42)24(15-20)39-28(44)38-21-16-34-29(35-17-21)45-22-6-3-19(4-7-22)23-18-37-43-14-9-26(40-27(23)43)41-11-2-12-41/h1,3-10,13-18H,2,11-12H2,(H2,38,39,44). The van der Waals surface area contributed by atoms with Gasteiger partial charge in [-0.3, -0.25) is 0 Å². The molecule has 0 unspecified atom stereocenters. The summed E-state index contributed by atoms with van der Waals surface area (Å²) in [6.45, 7) is 2.00. The Morgan fingerprint density at radius 2 is 1.71 bits per heavy atom. The third-order valence-electron chi connectivity index (χ3n) is 7.12. The fourth-order valence-corrected chi connectivity index (χ4v) is 4.73. The minimum atomic E-state index is -4.59. The predicted molar refractivity (Wildman–Crippen MR) is 159 cm³/mol. The summed E-state index contributed by atoms with van der Waals surface area (Å²) in [4.78, 5) is 28.0. The molecule has 1 aliphatic rings. The molecular weight excluding hydrogens is 589 g/mol. The summed E-state index contributed by atoms with van der Waals surface area (Å²) in [5.74, 6) is 1.41. The number of carbonyl (C=O) groups excluding carboxylic acids is 1. The van der Waals surface area contributed by atoms with Crippen molar-refractivity contribution in [2.75, 3.05) is 28.6 Å². The molecule has 0 aliphatic carbocycles. The van der Waals surface area contributed by atoms with Gasteiger partial charge < -0.3 is 20.3 Å². The molecule has 5 heterocycles. The summed E-state index contributed by atoms with van der Waals surface area (Å²) in [6, 6.07) is 13.1. The number of amides is 2. The van der Waals surface area contributed by atoms with Crippen LogP contribution in [0.1, 0.15) is 12.0 Å². The van der Waals surface area contributed by atoms with Crippen LogP contribution in [0.25, 0.3) is 22.5 Å². The number of urea groups is 1. The van der Waals surface area contributed by atoms with Crippen molar-refractivity contribution in [2.45, 2.75) is 12.6 Å². The van der Waals surface area contributed by atoms with E-state index in [4.69, 9.17) is 9.72 Å². The van der Waals surface area contributed by atoms with Crippen LogP contribution in [0.3, 0.4) is 0 Å². The van der Waals surface area contributed by atoms with E-state index in [-0.39, 0.29) is 23.1 Å². The molecule has 2 amide bonds. The Hall–Kier alpha value is -5.99. The molecule has 2 aromatic carbocycles. The molecule has 15 heteroatoms. The first-order chi connectivity index (χ1) is 21.8. The van der Waals surface area contributed by atoms with Gasteiger partial charge >= 0.3 is 18.2 Å². The van der Waals surface area contributed by atoms with Crippen molar-refractivity contribution in [2.24, 2.45) is 0 Å². The Bertz CT molecular complexity index is 1970. The van der Waals surface area contributed by atoms with E-state index < -0.39 is 17.8 Å². The molecule has 0 radical (unpaired) electrons. The summed E-state index contributed by atoms with van der Waals surface area (Å²) in [6.07, 6.45) is 5.90. The minimum Gasteiger partial charge on any atom is -0.424 e. The van der Waals surface area contributed by atoms with Gasteiger partial charge in [-0.1, -0.05) is 12.1 Å². The molecular formula is C30H23F3N10O2. The Labute approximate surface area is 253 Å². The topological polar surface area (TPSA) is 127 Å². The Morgan fingerprint density at radius 1 is 0.911 bits per heavy atom. The van der Waals surface area contributed by atoms with Gasteiger partial charge in [-0.15, -0.1) is 0 Å². The second kappa shape index (κ2) is 11.3. The van der Waals surface area contributed by atoms with Crippen molar-refractivity contribution in [3.8, 4) is 28.6 Å². The van der Waals surface area contributed by atoms with Gasteiger partial charge in [0.05, 0.1) is 41.2 Å². The van der Waals surface area contributed by atoms with Crippen LogP contribution in [0.5, 0.6) is 11.8 Å². The Kier molecular flexibility index (Phi) is 6.96. The van der Waals surface area contributed by atoms with Crippen LogP contribution < -0.4 is 20.3 Å². The SMILES string of the molecule is O=C(Nc1cnc(Oc2ccc(-c3cnn4ccc(N5CCC5)nc34)cc2)nc1)Nc1cc(C(F)(F)F)ccc1-n1cccn1. The van der Waals surface area contributed by atoms with E-state index >= 15 is 0 Å². The number of nitrogens with one attached hydrogen (secondary N) is 2. The maximum Gasteiger partial charge on any atom is 0.416 e. The smallest absolute Gasteiger partial charge is 0.416 e. The number of aromatic nitrogens is 7. The largest absolute Gasteiger partial charge is 0.424 e. The third-order valence-corrected chi connectivity index (χ3v) is 7.12. The van der Waals surface area contributed by atoms with Crippen LogP contribution in [-0.2, 0) is 6.18 Å². The summed E-state index contributed by atoms with van der Waals surface area (Å²) in [5, 5.41) is 13.4. The number of ether oxygens (including phenoxy) is 1. The summed E-state index contributed by atoms with van der Waals surface area (Å²) in [5.41, 5.74) is 1.99. The first-order valence-electron chi connectivity index (χ1n) is 13.8. The molecule has 4 aromatic heterocycles. The molecule has 45 heavy (non-hydrogen) atoms. The maximum absolute atomic E-state index is 13.3. The summed E-state index contributed by atoms with van der Waals surface area (Å²) >= 11 is 0. The molecule has 0 atom stereocenters. The van der Waals surface area contributed by atoms with E-state index in [0.717, 1.165) is 54.2 Å². The molecule has 0 saturated carbocycles. The van der Waals surface area contributed by atoms with Gasteiger partial charge in [-0.25, -0.2) is 28.9 Å². The predicted octanol–water partition coefficient (Wildman–Crippen LogP) is 6.04. The van der Waals surface area contributed by atoms with Gasteiger partial charge in [0.15, 0.2) is 5.65 Å². The zero-order chi connectivity index (χ0) is 31.0. The number of fused-ring (bicyclic) bond motifs is 1. The van der Waals surface area contributed by atoms with Crippen LogP contribution >= 0.6 is 0 Å². The lowest BCUT2D eigenvalue weighted by atomic mass is 10.1. The van der Waals surface area contributed by atoms with Gasteiger partial charge in [0.1, 0.15) is 11.6 Å². The third kappa shape index (κ3) is 5.82. The number of hydrogen-bond acceptors (Lipinski definition) is 8.